The number of thioether (sulfide) groups is 1. The van der Waals surface area contributed by atoms with E-state index < -0.39 is 0 Å². The zero-order valence-electron chi connectivity index (χ0n) is 12.3. The molecule has 2 aromatic rings. The third kappa shape index (κ3) is 3.81. The molecule has 5 heteroatoms. The van der Waals surface area contributed by atoms with E-state index in [1.807, 2.05) is 25.7 Å². The Bertz CT molecular complexity index is 525. The molecule has 1 aromatic carbocycles. The summed E-state index contributed by atoms with van der Waals surface area (Å²) in [5.74, 6) is 0.543. The Balaban J connectivity index is 2.22. The van der Waals surface area contributed by atoms with E-state index in [0.717, 1.165) is 9.35 Å². The van der Waals surface area contributed by atoms with E-state index >= 15 is 0 Å². The van der Waals surface area contributed by atoms with Crippen molar-refractivity contribution in [1.29, 1.82) is 0 Å². The Morgan fingerprint density at radius 2 is 1.85 bits per heavy atom. The first-order chi connectivity index (χ1) is 9.61. The number of hydrogen-bond acceptors (Lipinski definition) is 5. The Kier molecular flexibility index (Phi) is 5.57. The van der Waals surface area contributed by atoms with Gasteiger partial charge in [0.15, 0.2) is 4.34 Å². The van der Waals surface area contributed by atoms with E-state index in [1.54, 1.807) is 11.3 Å². The van der Waals surface area contributed by atoms with Crippen LogP contribution in [0.5, 0.6) is 0 Å². The molecule has 0 radical (unpaired) electrons. The third-order valence-electron chi connectivity index (χ3n) is 3.20. The molecule has 0 saturated heterocycles. The van der Waals surface area contributed by atoms with Crippen molar-refractivity contribution in [1.82, 2.24) is 15.5 Å². The zero-order valence-corrected chi connectivity index (χ0v) is 14.0. The quantitative estimate of drug-likeness (QED) is 0.821. The summed E-state index contributed by atoms with van der Waals surface area (Å²) in [6, 6.07) is 10.9. The van der Waals surface area contributed by atoms with Gasteiger partial charge in [0.2, 0.25) is 0 Å². The highest BCUT2D eigenvalue weighted by atomic mass is 32.2. The highest BCUT2D eigenvalue weighted by Gasteiger charge is 2.27. The Morgan fingerprint density at radius 3 is 2.35 bits per heavy atom. The van der Waals surface area contributed by atoms with Crippen molar-refractivity contribution in [3.05, 3.63) is 40.9 Å². The van der Waals surface area contributed by atoms with Crippen LogP contribution < -0.4 is 5.32 Å². The predicted octanol–water partition coefficient (Wildman–Crippen LogP) is 3.92. The van der Waals surface area contributed by atoms with Gasteiger partial charge in [-0.2, -0.15) is 0 Å². The van der Waals surface area contributed by atoms with Crippen LogP contribution in [0.3, 0.4) is 0 Å². The van der Waals surface area contributed by atoms with Crippen LogP contribution in [-0.4, -0.2) is 22.5 Å². The highest BCUT2D eigenvalue weighted by molar-refractivity contribution is 8.01. The summed E-state index contributed by atoms with van der Waals surface area (Å²) in [7, 11) is 2.03. The maximum Gasteiger partial charge on any atom is 0.174 e. The minimum atomic E-state index is 0.311. The molecule has 0 bridgehead atoms. The van der Waals surface area contributed by atoms with Gasteiger partial charge in [0.25, 0.3) is 0 Å². The molecule has 20 heavy (non-hydrogen) atoms. The summed E-state index contributed by atoms with van der Waals surface area (Å²) >= 11 is 3.50. The summed E-state index contributed by atoms with van der Waals surface area (Å²) in [5.41, 5.74) is 1.32. The molecule has 0 aliphatic heterocycles. The van der Waals surface area contributed by atoms with Crippen LogP contribution in [0, 0.1) is 12.8 Å². The average molecular weight is 307 g/mol. The van der Waals surface area contributed by atoms with E-state index in [2.05, 4.69) is 59.7 Å². The number of rotatable bonds is 6. The van der Waals surface area contributed by atoms with E-state index in [-0.39, 0.29) is 0 Å². The standard InChI is InChI=1S/C15H21N3S2/c1-10(2)14(20-15-18-17-11(3)19-15)13(16-4)12-8-6-5-7-9-12/h5-10,13-14,16H,1-4H3. The molecular formula is C15H21N3S2. The molecule has 108 valence electrons. The smallest absolute Gasteiger partial charge is 0.174 e. The lowest BCUT2D eigenvalue weighted by Crippen LogP contribution is -2.31. The van der Waals surface area contributed by atoms with Gasteiger partial charge in [0.1, 0.15) is 5.01 Å². The van der Waals surface area contributed by atoms with Crippen LogP contribution in [0.1, 0.15) is 30.5 Å². The van der Waals surface area contributed by atoms with Crippen molar-refractivity contribution in [2.24, 2.45) is 5.92 Å². The molecule has 1 N–H and O–H groups in total. The number of benzene rings is 1. The lowest BCUT2D eigenvalue weighted by molar-refractivity contribution is 0.472. The number of aromatic nitrogens is 2. The number of hydrogen-bond donors (Lipinski definition) is 1. The maximum atomic E-state index is 4.25. The monoisotopic (exact) mass is 307 g/mol. The van der Waals surface area contributed by atoms with Crippen LogP contribution in [-0.2, 0) is 0 Å². The minimum absolute atomic E-state index is 0.311. The molecule has 0 spiro atoms. The molecule has 0 aliphatic carbocycles. The molecule has 2 unspecified atom stereocenters. The second-order valence-electron chi connectivity index (χ2n) is 5.09. The highest BCUT2D eigenvalue weighted by Crippen LogP contribution is 2.37. The summed E-state index contributed by atoms with van der Waals surface area (Å²) in [4.78, 5) is 0. The lowest BCUT2D eigenvalue weighted by Gasteiger charge is -2.29. The van der Waals surface area contributed by atoms with E-state index in [9.17, 15) is 0 Å². The second-order valence-corrected chi connectivity index (χ2v) is 7.70. The van der Waals surface area contributed by atoms with Crippen molar-refractivity contribution < 1.29 is 0 Å². The van der Waals surface area contributed by atoms with Crippen LogP contribution in [0.25, 0.3) is 0 Å². The van der Waals surface area contributed by atoms with Crippen molar-refractivity contribution in [3.8, 4) is 0 Å². The van der Waals surface area contributed by atoms with E-state index in [1.165, 1.54) is 5.56 Å². The first-order valence-corrected chi connectivity index (χ1v) is 8.50. The summed E-state index contributed by atoms with van der Waals surface area (Å²) in [5, 5.41) is 13.3. The summed E-state index contributed by atoms with van der Waals surface area (Å²) < 4.78 is 1.05. The molecule has 2 atom stereocenters. The van der Waals surface area contributed by atoms with Crippen molar-refractivity contribution >= 4 is 23.1 Å². The Morgan fingerprint density at radius 1 is 1.15 bits per heavy atom. The van der Waals surface area contributed by atoms with Gasteiger partial charge in [0, 0.05) is 11.3 Å². The molecule has 0 amide bonds. The molecule has 2 rings (SSSR count). The first kappa shape index (κ1) is 15.5. The van der Waals surface area contributed by atoms with Gasteiger partial charge >= 0.3 is 0 Å². The van der Waals surface area contributed by atoms with E-state index in [0.29, 0.717) is 17.2 Å². The molecule has 1 aromatic heterocycles. The van der Waals surface area contributed by atoms with E-state index in [4.69, 9.17) is 0 Å². The van der Waals surface area contributed by atoms with Gasteiger partial charge in [-0.3, -0.25) is 0 Å². The summed E-state index contributed by atoms with van der Waals surface area (Å²) in [6.07, 6.45) is 0. The van der Waals surface area contributed by atoms with Crippen molar-refractivity contribution in [3.63, 3.8) is 0 Å². The van der Waals surface area contributed by atoms with Gasteiger partial charge < -0.3 is 5.32 Å². The fourth-order valence-corrected chi connectivity index (χ4v) is 4.54. The minimum Gasteiger partial charge on any atom is -0.312 e. The van der Waals surface area contributed by atoms with Crippen LogP contribution >= 0.6 is 23.1 Å². The Labute approximate surface area is 129 Å². The number of nitrogens with zero attached hydrogens (tertiary/aromatic N) is 2. The topological polar surface area (TPSA) is 37.8 Å². The van der Waals surface area contributed by atoms with Gasteiger partial charge in [-0.05, 0) is 25.5 Å². The molecule has 0 fully saturated rings. The van der Waals surface area contributed by atoms with Crippen LogP contribution in [0.2, 0.25) is 0 Å². The van der Waals surface area contributed by atoms with Crippen LogP contribution in [0.4, 0.5) is 0 Å². The third-order valence-corrected chi connectivity index (χ3v) is 5.74. The van der Waals surface area contributed by atoms with Gasteiger partial charge in [-0.1, -0.05) is 67.3 Å². The second kappa shape index (κ2) is 7.20. The fourth-order valence-electron chi connectivity index (χ4n) is 2.21. The SMILES string of the molecule is CNC(c1ccccc1)C(Sc1nnc(C)s1)C(C)C. The zero-order chi connectivity index (χ0) is 14.5. The molecular weight excluding hydrogens is 286 g/mol. The van der Waals surface area contributed by atoms with Gasteiger partial charge in [-0.25, -0.2) is 0 Å². The average Bonchev–Trinajstić information content (AvgIpc) is 2.85. The van der Waals surface area contributed by atoms with Crippen molar-refractivity contribution in [2.45, 2.75) is 36.4 Å². The number of aryl methyl sites for hydroxylation is 1. The molecule has 0 aliphatic rings. The van der Waals surface area contributed by atoms with Crippen molar-refractivity contribution in [2.75, 3.05) is 7.05 Å². The van der Waals surface area contributed by atoms with Gasteiger partial charge in [-0.15, -0.1) is 10.2 Å². The van der Waals surface area contributed by atoms with Crippen LogP contribution in [0.15, 0.2) is 34.7 Å². The largest absolute Gasteiger partial charge is 0.312 e. The first-order valence-electron chi connectivity index (χ1n) is 6.80. The Hall–Kier alpha value is -0.910. The van der Waals surface area contributed by atoms with Gasteiger partial charge in [0.05, 0.1) is 0 Å². The molecule has 0 saturated carbocycles. The number of nitrogens with one attached hydrogen (secondary N) is 1. The molecule has 1 heterocycles. The fraction of sp³-hybridized carbons (Fsp3) is 0.467. The maximum absolute atomic E-state index is 4.25. The predicted molar refractivity (Wildman–Crippen MR) is 87.4 cm³/mol. The molecule has 3 nitrogen and oxygen atoms in total. The lowest BCUT2D eigenvalue weighted by atomic mass is 9.96. The summed E-state index contributed by atoms with van der Waals surface area (Å²) in [6.45, 7) is 6.52. The normalized spacial score (nSPS) is 14.4.